The Morgan fingerprint density at radius 3 is 3.23 bits per heavy atom. The lowest BCUT2D eigenvalue weighted by atomic mass is 10.0. The van der Waals surface area contributed by atoms with Crippen LogP contribution in [0.5, 0.6) is 0 Å². The van der Waals surface area contributed by atoms with Gasteiger partial charge >= 0.3 is 0 Å². The molecule has 0 aromatic carbocycles. The molecule has 0 saturated carbocycles. The average Bonchev–Trinajstić information content (AvgIpc) is 2.19. The van der Waals surface area contributed by atoms with Crippen molar-refractivity contribution in [2.24, 2.45) is 0 Å². The number of hydrogen-bond donors (Lipinski definition) is 1. The van der Waals surface area contributed by atoms with Gasteiger partial charge in [0.2, 0.25) is 0 Å². The molecular formula is C10H19NOS. The molecule has 2 rings (SSSR count). The molecule has 2 aliphatic heterocycles. The normalized spacial score (nSPS) is 40.8. The van der Waals surface area contributed by atoms with Gasteiger partial charge in [-0.25, -0.2) is 0 Å². The summed E-state index contributed by atoms with van der Waals surface area (Å²) in [6, 6.07) is 0. The topological polar surface area (TPSA) is 21.3 Å². The fourth-order valence-electron chi connectivity index (χ4n) is 2.18. The molecule has 0 amide bonds. The molecule has 2 fully saturated rings. The molecule has 13 heavy (non-hydrogen) atoms. The predicted molar refractivity (Wildman–Crippen MR) is 57.1 cm³/mol. The maximum absolute atomic E-state index is 5.70. The first kappa shape index (κ1) is 9.81. The third kappa shape index (κ3) is 2.20. The zero-order chi connectivity index (χ0) is 9.15. The van der Waals surface area contributed by atoms with Crippen LogP contribution in [-0.2, 0) is 4.74 Å². The molecule has 0 aliphatic carbocycles. The molecule has 0 aromatic rings. The van der Waals surface area contributed by atoms with Gasteiger partial charge < -0.3 is 10.1 Å². The van der Waals surface area contributed by atoms with Crippen LogP contribution in [0.2, 0.25) is 0 Å². The standard InChI is InChI=1S/C10H19NOS/c1-2-9-8-10(4-6-12-9)11-5-3-7-13-10/h9,11H,2-8H2,1H3. The summed E-state index contributed by atoms with van der Waals surface area (Å²) in [5.74, 6) is 1.32. The quantitative estimate of drug-likeness (QED) is 0.701. The lowest BCUT2D eigenvalue weighted by Crippen LogP contribution is -2.51. The third-order valence-electron chi connectivity index (χ3n) is 3.02. The van der Waals surface area contributed by atoms with Gasteiger partial charge in [0.1, 0.15) is 0 Å². The van der Waals surface area contributed by atoms with Crippen molar-refractivity contribution in [3.8, 4) is 0 Å². The summed E-state index contributed by atoms with van der Waals surface area (Å²) in [5.41, 5.74) is 0. The molecular weight excluding hydrogens is 182 g/mol. The van der Waals surface area contributed by atoms with Crippen molar-refractivity contribution in [2.45, 2.75) is 43.6 Å². The van der Waals surface area contributed by atoms with Crippen LogP contribution in [0.15, 0.2) is 0 Å². The zero-order valence-corrected chi connectivity index (χ0v) is 9.16. The summed E-state index contributed by atoms with van der Waals surface area (Å²) >= 11 is 2.11. The molecule has 2 saturated heterocycles. The van der Waals surface area contributed by atoms with E-state index >= 15 is 0 Å². The van der Waals surface area contributed by atoms with Crippen LogP contribution in [-0.4, -0.2) is 29.9 Å². The number of thioether (sulfide) groups is 1. The van der Waals surface area contributed by atoms with Crippen LogP contribution >= 0.6 is 11.8 Å². The van der Waals surface area contributed by atoms with Gasteiger partial charge in [-0.15, -0.1) is 11.8 Å². The van der Waals surface area contributed by atoms with Gasteiger partial charge in [0.05, 0.1) is 11.0 Å². The van der Waals surface area contributed by atoms with Gasteiger partial charge in [-0.3, -0.25) is 0 Å². The largest absolute Gasteiger partial charge is 0.378 e. The summed E-state index contributed by atoms with van der Waals surface area (Å²) < 4.78 is 5.70. The van der Waals surface area contributed by atoms with E-state index in [4.69, 9.17) is 4.74 Å². The van der Waals surface area contributed by atoms with Crippen molar-refractivity contribution in [3.05, 3.63) is 0 Å². The first-order chi connectivity index (χ1) is 6.35. The van der Waals surface area contributed by atoms with Gasteiger partial charge in [0.25, 0.3) is 0 Å². The highest BCUT2D eigenvalue weighted by Crippen LogP contribution is 2.38. The molecule has 2 aliphatic rings. The van der Waals surface area contributed by atoms with Crippen molar-refractivity contribution >= 4 is 11.8 Å². The molecule has 0 radical (unpaired) electrons. The molecule has 76 valence electrons. The summed E-state index contributed by atoms with van der Waals surface area (Å²) in [6.07, 6.45) is 5.36. The molecule has 3 heteroatoms. The maximum Gasteiger partial charge on any atom is 0.0692 e. The summed E-state index contributed by atoms with van der Waals surface area (Å²) in [5, 5.41) is 3.68. The molecule has 2 atom stereocenters. The number of rotatable bonds is 1. The van der Waals surface area contributed by atoms with Crippen LogP contribution in [0.4, 0.5) is 0 Å². The summed E-state index contributed by atoms with van der Waals surface area (Å²) in [6.45, 7) is 4.36. The molecule has 2 unspecified atom stereocenters. The fraction of sp³-hybridized carbons (Fsp3) is 1.00. The fourth-order valence-corrected chi connectivity index (χ4v) is 3.59. The van der Waals surface area contributed by atoms with Crippen molar-refractivity contribution in [3.63, 3.8) is 0 Å². The first-order valence-corrected chi connectivity index (χ1v) is 6.34. The molecule has 2 heterocycles. The second-order valence-electron chi connectivity index (χ2n) is 3.98. The Bertz CT molecular complexity index is 163. The van der Waals surface area contributed by atoms with Crippen LogP contribution in [0, 0.1) is 0 Å². The maximum atomic E-state index is 5.70. The van der Waals surface area contributed by atoms with E-state index < -0.39 is 0 Å². The van der Waals surface area contributed by atoms with Crippen molar-refractivity contribution in [1.82, 2.24) is 5.32 Å². The second kappa shape index (κ2) is 4.20. The summed E-state index contributed by atoms with van der Waals surface area (Å²) in [4.78, 5) is 0.372. The second-order valence-corrected chi connectivity index (χ2v) is 5.46. The Balaban J connectivity index is 1.95. The van der Waals surface area contributed by atoms with Crippen LogP contribution < -0.4 is 5.32 Å². The van der Waals surface area contributed by atoms with Gasteiger partial charge in [-0.2, -0.15) is 0 Å². The van der Waals surface area contributed by atoms with E-state index in [-0.39, 0.29) is 0 Å². The van der Waals surface area contributed by atoms with E-state index in [1.807, 2.05) is 0 Å². The van der Waals surface area contributed by atoms with Crippen molar-refractivity contribution in [1.29, 1.82) is 0 Å². The van der Waals surface area contributed by atoms with Crippen LogP contribution in [0.1, 0.15) is 32.6 Å². The smallest absolute Gasteiger partial charge is 0.0692 e. The van der Waals surface area contributed by atoms with E-state index in [9.17, 15) is 0 Å². The highest BCUT2D eigenvalue weighted by Gasteiger charge is 2.37. The monoisotopic (exact) mass is 201 g/mol. The van der Waals surface area contributed by atoms with Gasteiger partial charge in [0, 0.05) is 13.0 Å². The number of ether oxygens (including phenoxy) is 1. The SMILES string of the molecule is CCC1CC2(CCO1)NCCCS2. The van der Waals surface area contributed by atoms with E-state index in [0.29, 0.717) is 11.0 Å². The first-order valence-electron chi connectivity index (χ1n) is 5.35. The number of hydrogen-bond acceptors (Lipinski definition) is 3. The van der Waals surface area contributed by atoms with Gasteiger partial charge in [0.15, 0.2) is 0 Å². The molecule has 0 bridgehead atoms. The molecule has 1 N–H and O–H groups in total. The van der Waals surface area contributed by atoms with Crippen molar-refractivity contribution < 1.29 is 4.74 Å². The minimum atomic E-state index is 0.372. The Morgan fingerprint density at radius 2 is 2.54 bits per heavy atom. The van der Waals surface area contributed by atoms with Gasteiger partial charge in [-0.05, 0) is 31.6 Å². The minimum absolute atomic E-state index is 0.372. The van der Waals surface area contributed by atoms with Gasteiger partial charge in [-0.1, -0.05) is 6.92 Å². The van der Waals surface area contributed by atoms with Crippen LogP contribution in [0.25, 0.3) is 0 Å². The Kier molecular flexibility index (Phi) is 3.17. The average molecular weight is 201 g/mol. The van der Waals surface area contributed by atoms with E-state index in [1.165, 1.54) is 31.6 Å². The molecule has 2 nitrogen and oxygen atoms in total. The molecule has 0 aromatic heterocycles. The van der Waals surface area contributed by atoms with Crippen molar-refractivity contribution in [2.75, 3.05) is 18.9 Å². The van der Waals surface area contributed by atoms with Crippen LogP contribution in [0.3, 0.4) is 0 Å². The molecule has 1 spiro atoms. The van der Waals surface area contributed by atoms with E-state index in [0.717, 1.165) is 13.0 Å². The third-order valence-corrected chi connectivity index (χ3v) is 4.58. The lowest BCUT2D eigenvalue weighted by molar-refractivity contribution is -0.00805. The Morgan fingerprint density at radius 1 is 1.62 bits per heavy atom. The summed E-state index contributed by atoms with van der Waals surface area (Å²) in [7, 11) is 0. The minimum Gasteiger partial charge on any atom is -0.378 e. The van der Waals surface area contributed by atoms with E-state index in [1.54, 1.807) is 0 Å². The Hall–Kier alpha value is 0.270. The highest BCUT2D eigenvalue weighted by atomic mass is 32.2. The lowest BCUT2D eigenvalue weighted by Gasteiger charge is -2.43. The zero-order valence-electron chi connectivity index (χ0n) is 8.34. The number of nitrogens with one attached hydrogen (secondary N) is 1. The Labute approximate surface area is 84.8 Å². The highest BCUT2D eigenvalue weighted by molar-refractivity contribution is 8.00. The van der Waals surface area contributed by atoms with E-state index in [2.05, 4.69) is 24.0 Å². The predicted octanol–water partition coefficient (Wildman–Crippen LogP) is 2.00.